The highest BCUT2D eigenvalue weighted by Crippen LogP contribution is 2.30. The monoisotopic (exact) mass is 471 g/mol. The summed E-state index contributed by atoms with van der Waals surface area (Å²) in [6, 6.07) is 11.5. The first-order chi connectivity index (χ1) is 15.8. The van der Waals surface area contributed by atoms with Crippen LogP contribution in [0.15, 0.2) is 42.5 Å². The zero-order chi connectivity index (χ0) is 23.6. The number of rotatable bonds is 7. The van der Waals surface area contributed by atoms with Crippen LogP contribution < -0.4 is 16.4 Å². The van der Waals surface area contributed by atoms with E-state index in [4.69, 9.17) is 17.3 Å². The van der Waals surface area contributed by atoms with Crippen LogP contribution in [0.1, 0.15) is 41.7 Å². The van der Waals surface area contributed by atoms with Gasteiger partial charge in [0.2, 0.25) is 11.8 Å². The molecule has 4 N–H and O–H groups in total. The summed E-state index contributed by atoms with van der Waals surface area (Å²) in [5, 5.41) is 10.3. The highest BCUT2D eigenvalue weighted by atomic mass is 35.5. The van der Waals surface area contributed by atoms with Gasteiger partial charge in [-0.25, -0.2) is 4.39 Å². The van der Waals surface area contributed by atoms with E-state index in [9.17, 15) is 18.8 Å². The number of hydrogen-bond donors (Lipinski definition) is 3. The lowest BCUT2D eigenvalue weighted by molar-refractivity contribution is -0.134. The molecule has 1 aliphatic carbocycles. The Labute approximate surface area is 194 Å². The van der Waals surface area contributed by atoms with Gasteiger partial charge in [0.25, 0.3) is 5.91 Å². The third kappa shape index (κ3) is 4.54. The van der Waals surface area contributed by atoms with Crippen LogP contribution in [0.25, 0.3) is 10.9 Å². The van der Waals surface area contributed by atoms with Gasteiger partial charge >= 0.3 is 0 Å². The number of benzene rings is 2. The summed E-state index contributed by atoms with van der Waals surface area (Å²) in [5.74, 6) is -2.08. The van der Waals surface area contributed by atoms with Gasteiger partial charge in [-0.2, -0.15) is 5.10 Å². The minimum absolute atomic E-state index is 0.0209. The second kappa shape index (κ2) is 9.19. The predicted molar refractivity (Wildman–Crippen MR) is 121 cm³/mol. The molecule has 10 heteroatoms. The molecule has 1 heterocycles. The lowest BCUT2D eigenvalue weighted by atomic mass is 9.96. The van der Waals surface area contributed by atoms with Crippen molar-refractivity contribution < 1.29 is 18.8 Å². The molecule has 0 unspecified atom stereocenters. The van der Waals surface area contributed by atoms with Crippen LogP contribution in [0.2, 0.25) is 5.02 Å². The SMILES string of the molecule is NC(=O)c1nn(CC(=O)NC2(C(=O)NCc3cccc(Cl)c3F)CCCC2)c2ccccc12. The molecule has 172 valence electrons. The van der Waals surface area contributed by atoms with Crippen molar-refractivity contribution in [3.05, 3.63) is 64.6 Å². The maximum atomic E-state index is 14.2. The number of carbonyl (C=O) groups excluding carboxylic acids is 3. The van der Waals surface area contributed by atoms with Gasteiger partial charge in [0, 0.05) is 17.5 Å². The molecule has 4 rings (SSSR count). The van der Waals surface area contributed by atoms with Gasteiger partial charge < -0.3 is 16.4 Å². The van der Waals surface area contributed by atoms with Crippen molar-refractivity contribution in [1.82, 2.24) is 20.4 Å². The summed E-state index contributed by atoms with van der Waals surface area (Å²) >= 11 is 5.81. The summed E-state index contributed by atoms with van der Waals surface area (Å²) in [6.07, 6.45) is 2.48. The zero-order valence-electron chi connectivity index (χ0n) is 17.7. The van der Waals surface area contributed by atoms with E-state index in [1.54, 1.807) is 36.4 Å². The highest BCUT2D eigenvalue weighted by molar-refractivity contribution is 6.30. The van der Waals surface area contributed by atoms with E-state index in [1.165, 1.54) is 10.7 Å². The summed E-state index contributed by atoms with van der Waals surface area (Å²) < 4.78 is 15.6. The minimum Gasteiger partial charge on any atom is -0.364 e. The first kappa shape index (κ1) is 22.7. The van der Waals surface area contributed by atoms with Crippen molar-refractivity contribution in [3.63, 3.8) is 0 Å². The maximum Gasteiger partial charge on any atom is 0.269 e. The Morgan fingerprint density at radius 2 is 1.85 bits per heavy atom. The van der Waals surface area contributed by atoms with Crippen molar-refractivity contribution in [1.29, 1.82) is 0 Å². The standard InChI is InChI=1S/C23H23ClFN5O3/c24-16-8-5-6-14(19(16)25)12-27-22(33)23(10-3-4-11-23)28-18(31)13-30-17-9-2-1-7-15(17)20(29-30)21(26)32/h1-2,5-9H,3-4,10-13H2,(H2,26,32)(H,27,33)(H,28,31). The fourth-order valence-electron chi connectivity index (χ4n) is 4.29. The molecule has 0 saturated heterocycles. The molecule has 1 saturated carbocycles. The summed E-state index contributed by atoms with van der Waals surface area (Å²) in [6.45, 7) is -0.236. The highest BCUT2D eigenvalue weighted by Gasteiger charge is 2.42. The largest absolute Gasteiger partial charge is 0.364 e. The van der Waals surface area contributed by atoms with Crippen molar-refractivity contribution in [2.75, 3.05) is 0 Å². The summed E-state index contributed by atoms with van der Waals surface area (Å²) in [7, 11) is 0. The van der Waals surface area contributed by atoms with Crippen molar-refractivity contribution >= 4 is 40.2 Å². The number of para-hydroxylation sites is 1. The molecule has 8 nitrogen and oxygen atoms in total. The second-order valence-corrected chi connectivity index (χ2v) is 8.53. The number of primary amides is 1. The Balaban J connectivity index is 1.49. The molecule has 1 fully saturated rings. The number of nitrogens with zero attached hydrogens (tertiary/aromatic N) is 2. The average Bonchev–Trinajstić information content (AvgIpc) is 3.40. The van der Waals surface area contributed by atoms with Gasteiger partial charge in [0.15, 0.2) is 5.69 Å². The molecule has 0 atom stereocenters. The van der Waals surface area contributed by atoms with Gasteiger partial charge in [0.05, 0.1) is 10.5 Å². The fraction of sp³-hybridized carbons (Fsp3) is 0.304. The smallest absolute Gasteiger partial charge is 0.269 e. The van der Waals surface area contributed by atoms with Crippen LogP contribution in [0.3, 0.4) is 0 Å². The van der Waals surface area contributed by atoms with E-state index < -0.39 is 23.2 Å². The van der Waals surface area contributed by atoms with Crippen LogP contribution in [-0.2, 0) is 22.7 Å². The van der Waals surface area contributed by atoms with Crippen molar-refractivity contribution in [2.24, 2.45) is 5.73 Å². The number of nitrogens with two attached hydrogens (primary N) is 1. The third-order valence-electron chi connectivity index (χ3n) is 5.93. The number of aromatic nitrogens is 2. The molecule has 0 spiro atoms. The molecule has 2 aromatic carbocycles. The van der Waals surface area contributed by atoms with Gasteiger partial charge in [-0.15, -0.1) is 0 Å². The number of carbonyl (C=O) groups is 3. The Bertz CT molecular complexity index is 1240. The van der Waals surface area contributed by atoms with Crippen LogP contribution in [0, 0.1) is 5.82 Å². The fourth-order valence-corrected chi connectivity index (χ4v) is 4.48. The Morgan fingerprint density at radius 3 is 2.58 bits per heavy atom. The van der Waals surface area contributed by atoms with Crippen LogP contribution in [0.4, 0.5) is 4.39 Å². The Morgan fingerprint density at radius 1 is 1.12 bits per heavy atom. The van der Waals surface area contributed by atoms with Crippen LogP contribution in [0.5, 0.6) is 0 Å². The van der Waals surface area contributed by atoms with E-state index in [-0.39, 0.29) is 35.3 Å². The Kier molecular flexibility index (Phi) is 6.33. The zero-order valence-corrected chi connectivity index (χ0v) is 18.5. The quantitative estimate of drug-likeness (QED) is 0.490. The molecule has 33 heavy (non-hydrogen) atoms. The first-order valence-corrected chi connectivity index (χ1v) is 11.0. The summed E-state index contributed by atoms with van der Waals surface area (Å²) in [4.78, 5) is 37.7. The van der Waals surface area contributed by atoms with Crippen molar-refractivity contribution in [2.45, 2.75) is 44.3 Å². The molecule has 0 radical (unpaired) electrons. The first-order valence-electron chi connectivity index (χ1n) is 10.6. The lowest BCUT2D eigenvalue weighted by Crippen LogP contribution is -2.57. The lowest BCUT2D eigenvalue weighted by Gasteiger charge is -2.29. The number of nitrogens with one attached hydrogen (secondary N) is 2. The van der Waals surface area contributed by atoms with E-state index >= 15 is 0 Å². The van der Waals surface area contributed by atoms with E-state index in [0.29, 0.717) is 23.7 Å². The topological polar surface area (TPSA) is 119 Å². The van der Waals surface area contributed by atoms with Gasteiger partial charge in [-0.05, 0) is 25.0 Å². The average molecular weight is 472 g/mol. The Hall–Kier alpha value is -3.46. The predicted octanol–water partition coefficient (Wildman–Crippen LogP) is 2.67. The van der Waals surface area contributed by atoms with Crippen LogP contribution in [-0.4, -0.2) is 33.0 Å². The number of amides is 3. The summed E-state index contributed by atoms with van der Waals surface area (Å²) in [5.41, 5.74) is 5.25. The second-order valence-electron chi connectivity index (χ2n) is 8.12. The van der Waals surface area contributed by atoms with Gasteiger partial charge in [0.1, 0.15) is 17.9 Å². The molecular weight excluding hydrogens is 449 g/mol. The molecule has 0 bridgehead atoms. The maximum absolute atomic E-state index is 14.2. The van der Waals surface area contributed by atoms with Crippen molar-refractivity contribution in [3.8, 4) is 0 Å². The molecule has 3 amide bonds. The number of halogens is 2. The molecular formula is C23H23ClFN5O3. The molecule has 3 aromatic rings. The third-order valence-corrected chi connectivity index (χ3v) is 6.22. The molecule has 0 aliphatic heterocycles. The van der Waals surface area contributed by atoms with E-state index in [1.807, 2.05) is 0 Å². The van der Waals surface area contributed by atoms with Gasteiger partial charge in [-0.1, -0.05) is 54.8 Å². The van der Waals surface area contributed by atoms with E-state index in [0.717, 1.165) is 12.8 Å². The van der Waals surface area contributed by atoms with Crippen LogP contribution >= 0.6 is 11.6 Å². The van der Waals surface area contributed by atoms with Gasteiger partial charge in [-0.3, -0.25) is 19.1 Å². The number of hydrogen-bond acceptors (Lipinski definition) is 4. The normalized spacial score (nSPS) is 14.8. The molecule has 1 aromatic heterocycles. The molecule has 1 aliphatic rings. The minimum atomic E-state index is -1.10. The van der Waals surface area contributed by atoms with E-state index in [2.05, 4.69) is 15.7 Å². The number of fused-ring (bicyclic) bond motifs is 1.